The first kappa shape index (κ1) is 80.5. The van der Waals surface area contributed by atoms with Crippen molar-refractivity contribution in [2.75, 3.05) is 4.90 Å². The summed E-state index contributed by atoms with van der Waals surface area (Å²) >= 11 is 0. The molecule has 0 amide bonds. The van der Waals surface area contributed by atoms with Gasteiger partial charge in [0.25, 0.3) is 0 Å². The van der Waals surface area contributed by atoms with Crippen molar-refractivity contribution in [3.05, 3.63) is 473 Å². The highest BCUT2D eigenvalue weighted by Crippen LogP contribution is 2.52. The number of benzene rings is 19. The minimum Gasteiger partial charge on any atom is -0.453 e. The van der Waals surface area contributed by atoms with Gasteiger partial charge in [-0.05, 0) is 228 Å². The maximum atomic E-state index is 6.29. The molecule has 0 unspecified atom stereocenters. The molecule has 19 aromatic carbocycles. The van der Waals surface area contributed by atoms with Crippen LogP contribution in [0.15, 0.2) is 473 Å². The van der Waals surface area contributed by atoms with Crippen LogP contribution in [0, 0.1) is 0 Å². The minimum atomic E-state index is 0.813. The zero-order valence-electron chi connectivity index (χ0n) is 76.6. The lowest BCUT2D eigenvalue weighted by Gasteiger charge is -2.32. The van der Waals surface area contributed by atoms with Crippen LogP contribution in [0.3, 0.4) is 0 Å². The van der Waals surface area contributed by atoms with Gasteiger partial charge in [-0.25, -0.2) is 34.9 Å². The summed E-state index contributed by atoms with van der Waals surface area (Å²) in [6.07, 6.45) is 1.83. The fourth-order valence-corrected chi connectivity index (χ4v) is 21.6. The van der Waals surface area contributed by atoms with Crippen LogP contribution < -0.4 is 9.64 Å². The summed E-state index contributed by atoms with van der Waals surface area (Å²) in [6, 6.07) is 163. The SMILES string of the molecule is c1ccc(-c2ccc(-c3ccc4c(c3)c3ccccc3n4-c3nc4ccccc4c4nc5ccccc5n34)cc2)nc1.c1ccc(-c2ccc(-n3c(-c4ccc(-c5ccc6c(c5)c5ccccc5n6-c5nc6ccccc6c6nc7ccccc7n56)cc4)nc4ccccc43)cc2)cc1.c1ccc2c(c1)Oc1ccccc1N2c1ccc2c(c1)c1ccccc1n2-c1nc2ccccc2c2nc3ccccc3n12. The number of imidazole rings is 4. The van der Waals surface area contributed by atoms with E-state index in [2.05, 4.69) is 417 Å². The number of hydrogen-bond acceptors (Lipinski definition) is 10. The molecule has 143 heavy (non-hydrogen) atoms. The Morgan fingerprint density at radius 2 is 0.497 bits per heavy atom. The molecule has 31 rings (SSSR count). The number of anilines is 3. The van der Waals surface area contributed by atoms with E-state index in [-0.39, 0.29) is 0 Å². The average molecular weight is 1830 g/mol. The highest BCUT2D eigenvalue weighted by Gasteiger charge is 2.30. The van der Waals surface area contributed by atoms with Crippen molar-refractivity contribution in [2.24, 2.45) is 0 Å². The number of para-hydroxylation sites is 18. The first-order valence-corrected chi connectivity index (χ1v) is 47.9. The molecule has 0 spiro atoms. The molecule has 0 saturated heterocycles. The molecule has 1 aliphatic rings. The van der Waals surface area contributed by atoms with E-state index >= 15 is 0 Å². The Kier molecular flexibility index (Phi) is 18.3. The van der Waals surface area contributed by atoms with Gasteiger partial charge in [-0.15, -0.1) is 0 Å². The lowest BCUT2D eigenvalue weighted by atomic mass is 10.0. The van der Waals surface area contributed by atoms with E-state index in [1.165, 1.54) is 43.8 Å². The predicted octanol–water partition coefficient (Wildman–Crippen LogP) is 31.0. The summed E-state index contributed by atoms with van der Waals surface area (Å²) in [4.78, 5) is 43.1. The van der Waals surface area contributed by atoms with Gasteiger partial charge in [-0.2, -0.15) is 0 Å². The minimum absolute atomic E-state index is 0.813. The van der Waals surface area contributed by atoms with Crippen molar-refractivity contribution in [1.82, 2.24) is 71.3 Å². The third kappa shape index (κ3) is 13.0. The molecule has 0 radical (unpaired) electrons. The second-order valence-corrected chi connectivity index (χ2v) is 36.2. The number of rotatable bonds is 10. The van der Waals surface area contributed by atoms with E-state index < -0.39 is 0 Å². The highest BCUT2D eigenvalue weighted by molar-refractivity contribution is 6.15. The van der Waals surface area contributed by atoms with Gasteiger partial charge in [0.1, 0.15) is 22.8 Å². The molecular weight excluding hydrogens is 1750 g/mol. The fourth-order valence-electron chi connectivity index (χ4n) is 21.6. The third-order valence-corrected chi connectivity index (χ3v) is 28.1. The van der Waals surface area contributed by atoms with Crippen molar-refractivity contribution >= 4 is 176 Å². The van der Waals surface area contributed by atoms with Gasteiger partial charge < -0.3 is 9.64 Å². The topological polar surface area (TPSA) is 149 Å². The lowest BCUT2D eigenvalue weighted by molar-refractivity contribution is 0.477. The molecule has 17 heteroatoms. The molecule has 17 nitrogen and oxygen atoms in total. The second kappa shape index (κ2) is 32.5. The van der Waals surface area contributed by atoms with Crippen LogP contribution in [0.5, 0.6) is 11.5 Å². The second-order valence-electron chi connectivity index (χ2n) is 36.2. The number of pyridine rings is 1. The van der Waals surface area contributed by atoms with Crippen molar-refractivity contribution in [3.63, 3.8) is 0 Å². The number of hydrogen-bond donors (Lipinski definition) is 0. The van der Waals surface area contributed by atoms with Gasteiger partial charge in [-0.1, -0.05) is 273 Å². The number of fused-ring (bicyclic) bond motifs is 27. The van der Waals surface area contributed by atoms with Crippen LogP contribution in [-0.2, 0) is 0 Å². The molecule has 0 atom stereocenters. The van der Waals surface area contributed by atoms with Gasteiger partial charge in [0.2, 0.25) is 17.8 Å². The fraction of sp³-hybridized carbons (Fsp3) is 0. The quantitative estimate of drug-likeness (QED) is 0.130. The van der Waals surface area contributed by atoms with E-state index in [1.807, 2.05) is 97.2 Å². The summed E-state index contributed by atoms with van der Waals surface area (Å²) in [7, 11) is 0. The Labute approximate surface area is 816 Å². The van der Waals surface area contributed by atoms with Crippen molar-refractivity contribution in [3.8, 4) is 91.1 Å². The van der Waals surface area contributed by atoms with Crippen LogP contribution in [0.4, 0.5) is 17.1 Å². The molecule has 0 fully saturated rings. The smallest absolute Gasteiger partial charge is 0.221 e. The van der Waals surface area contributed by atoms with Gasteiger partial charge in [0, 0.05) is 77.2 Å². The van der Waals surface area contributed by atoms with Gasteiger partial charge in [-0.3, -0.25) is 36.5 Å². The first-order valence-electron chi connectivity index (χ1n) is 47.9. The summed E-state index contributed by atoms with van der Waals surface area (Å²) < 4.78 is 22.0. The van der Waals surface area contributed by atoms with Crippen LogP contribution in [0.1, 0.15) is 0 Å². The van der Waals surface area contributed by atoms with Crippen molar-refractivity contribution in [1.29, 1.82) is 0 Å². The van der Waals surface area contributed by atoms with Gasteiger partial charge in [0.15, 0.2) is 11.5 Å². The molecule has 0 N–H and O–H groups in total. The molecule has 0 bridgehead atoms. The van der Waals surface area contributed by atoms with E-state index in [0.29, 0.717) is 0 Å². The summed E-state index contributed by atoms with van der Waals surface area (Å²) in [5, 5.41) is 10.1. The Balaban J connectivity index is 0.000000104. The van der Waals surface area contributed by atoms with E-state index in [0.717, 1.165) is 224 Å². The molecule has 12 heterocycles. The third-order valence-electron chi connectivity index (χ3n) is 28.1. The van der Waals surface area contributed by atoms with Crippen molar-refractivity contribution < 1.29 is 4.74 Å². The monoisotopic (exact) mass is 1830 g/mol. The Bertz CT molecular complexity index is 10400. The number of aromatic nitrogens is 15. The molecule has 0 aliphatic carbocycles. The average Bonchev–Trinajstić information content (AvgIpc) is 1.56. The Morgan fingerprint density at radius 3 is 0.944 bits per heavy atom. The maximum absolute atomic E-state index is 6.29. The standard InChI is InChI=1S/C51H32N6.C38H23N5O.C37H23N5/c1-2-12-33(13-3-1)34-26-29-38(30-27-34)55-47-20-10-7-17-43(47)52-49(55)36-24-22-35(23-25-36)37-28-31-46-41(32-37)39-14-5-9-19-45(39)56(46)51-54-42-16-6-4-15-40(42)50-53-44-18-8-11-21-48(44)57(50)51;1-3-13-28-26(12-1)37-39-29-14-4-6-16-32(29)43(37)38(40-28)42-30-15-5-2-11-25(30)27-23-24(21-22-31(27)42)41-33-17-7-9-19-35(33)44-36-20-10-8-18-34(36)41;1-3-12-31-28(10-1)36-39-32-13-4-6-15-35(32)42(36)37(40-31)41-33-14-5-2-9-27(33)29-23-26(20-21-34(29)41)24-16-18-25(19-17-24)30-11-7-8-22-38-30/h1-32H;1-23H;1-23H. The zero-order valence-corrected chi connectivity index (χ0v) is 76.6. The van der Waals surface area contributed by atoms with Crippen LogP contribution in [0.25, 0.3) is 239 Å². The number of ether oxygens (including phenoxy) is 1. The largest absolute Gasteiger partial charge is 0.453 e. The normalized spacial score (nSPS) is 12.1. The Hall–Kier alpha value is -19.8. The molecule has 1 aliphatic heterocycles. The lowest BCUT2D eigenvalue weighted by Crippen LogP contribution is -2.15. The highest BCUT2D eigenvalue weighted by atomic mass is 16.5. The molecule has 0 saturated carbocycles. The summed E-state index contributed by atoms with van der Waals surface area (Å²) in [6.45, 7) is 0. The predicted molar refractivity (Wildman–Crippen MR) is 581 cm³/mol. The van der Waals surface area contributed by atoms with Crippen LogP contribution in [0.2, 0.25) is 0 Å². The Morgan fingerprint density at radius 1 is 0.182 bits per heavy atom. The van der Waals surface area contributed by atoms with E-state index in [9.17, 15) is 0 Å². The first-order chi connectivity index (χ1) is 70.9. The van der Waals surface area contributed by atoms with Crippen LogP contribution >= 0.6 is 0 Å². The molecule has 668 valence electrons. The number of nitrogens with zero attached hydrogens (tertiary/aromatic N) is 16. The molecule has 11 aromatic heterocycles. The van der Waals surface area contributed by atoms with E-state index in [1.54, 1.807) is 0 Å². The summed E-state index contributed by atoms with van der Waals surface area (Å²) in [5.74, 6) is 5.05. The maximum Gasteiger partial charge on any atom is 0.221 e. The van der Waals surface area contributed by atoms with Gasteiger partial charge >= 0.3 is 0 Å². The van der Waals surface area contributed by atoms with Crippen molar-refractivity contribution in [2.45, 2.75) is 0 Å². The van der Waals surface area contributed by atoms with E-state index in [4.69, 9.17) is 39.6 Å². The zero-order chi connectivity index (χ0) is 93.8. The van der Waals surface area contributed by atoms with Crippen LogP contribution in [-0.4, -0.2) is 71.3 Å². The summed E-state index contributed by atoms with van der Waals surface area (Å²) in [5.41, 5.74) is 34.3. The molecule has 30 aromatic rings. The molecular formula is C126H78N16O. The van der Waals surface area contributed by atoms with Gasteiger partial charge in [0.05, 0.1) is 111 Å².